The summed E-state index contributed by atoms with van der Waals surface area (Å²) in [7, 11) is 1.54. The van der Waals surface area contributed by atoms with Gasteiger partial charge in [0, 0.05) is 43.2 Å². The van der Waals surface area contributed by atoms with Gasteiger partial charge in [0.2, 0.25) is 0 Å². The molecule has 1 fully saturated rings. The van der Waals surface area contributed by atoms with E-state index in [-0.39, 0.29) is 23.9 Å². The number of primary amides is 1. The number of nitrogens with zero attached hydrogens (tertiary/aromatic N) is 1. The average Bonchev–Trinajstić information content (AvgIpc) is 3.16. The van der Waals surface area contributed by atoms with E-state index in [1.165, 1.54) is 19.2 Å². The highest BCUT2D eigenvalue weighted by atomic mass is 19.1. The highest BCUT2D eigenvalue weighted by molar-refractivity contribution is 6.11. The number of amides is 3. The fraction of sp³-hybridized carbons (Fsp3) is 0.333. The molecule has 0 saturated carbocycles. The topological polar surface area (TPSA) is 110 Å². The molecule has 3 aromatic rings. The van der Waals surface area contributed by atoms with Gasteiger partial charge in [0.05, 0.1) is 17.7 Å². The molecule has 1 unspecified atom stereocenters. The van der Waals surface area contributed by atoms with Crippen LogP contribution in [0, 0.1) is 5.82 Å². The summed E-state index contributed by atoms with van der Waals surface area (Å²) in [4.78, 5) is 26.5. The van der Waals surface area contributed by atoms with Gasteiger partial charge >= 0.3 is 6.03 Å². The number of benzene rings is 2. The van der Waals surface area contributed by atoms with Gasteiger partial charge < -0.3 is 30.4 Å². The third-order valence-electron chi connectivity index (χ3n) is 5.63. The molecule has 33 heavy (non-hydrogen) atoms. The van der Waals surface area contributed by atoms with E-state index in [1.54, 1.807) is 29.2 Å². The van der Waals surface area contributed by atoms with Gasteiger partial charge in [-0.2, -0.15) is 0 Å². The Labute approximate surface area is 190 Å². The van der Waals surface area contributed by atoms with Gasteiger partial charge in [-0.25, -0.2) is 9.18 Å². The Bertz CT molecular complexity index is 1190. The second-order valence-electron chi connectivity index (χ2n) is 8.20. The molecule has 1 atom stereocenters. The van der Waals surface area contributed by atoms with Gasteiger partial charge in [0.25, 0.3) is 5.91 Å². The standard InChI is InChI=1S/C24H27FN4O4/c1-13(2)32-19-11-17-20(10-16(19)18-12-28-8-9-29(18)24(26)31)33-22(21(17)23(30)27-3)14-4-6-15(25)7-5-14/h4-7,10-11,13,18,28H,8-9,12H2,1-3H3,(H2,26,31)(H,27,30). The number of nitrogens with two attached hydrogens (primary N) is 1. The zero-order valence-corrected chi connectivity index (χ0v) is 18.8. The number of furan rings is 1. The van der Waals surface area contributed by atoms with E-state index in [1.807, 2.05) is 13.8 Å². The molecule has 4 rings (SSSR count). The van der Waals surface area contributed by atoms with Crippen molar-refractivity contribution < 1.29 is 23.1 Å². The summed E-state index contributed by atoms with van der Waals surface area (Å²) in [6.07, 6.45) is -0.147. The molecule has 9 heteroatoms. The molecule has 0 spiro atoms. The van der Waals surface area contributed by atoms with Crippen molar-refractivity contribution in [2.24, 2.45) is 5.73 Å². The fourth-order valence-electron chi connectivity index (χ4n) is 4.16. The van der Waals surface area contributed by atoms with Crippen LogP contribution in [0.5, 0.6) is 5.75 Å². The van der Waals surface area contributed by atoms with E-state index in [9.17, 15) is 14.0 Å². The number of rotatable bonds is 5. The number of hydrogen-bond acceptors (Lipinski definition) is 5. The van der Waals surface area contributed by atoms with Gasteiger partial charge in [0.1, 0.15) is 22.9 Å². The van der Waals surface area contributed by atoms with Crippen LogP contribution < -0.4 is 21.1 Å². The van der Waals surface area contributed by atoms with Crippen LogP contribution in [0.3, 0.4) is 0 Å². The fourth-order valence-corrected chi connectivity index (χ4v) is 4.16. The second-order valence-corrected chi connectivity index (χ2v) is 8.20. The summed E-state index contributed by atoms with van der Waals surface area (Å²) in [6.45, 7) is 5.40. The maximum absolute atomic E-state index is 13.5. The number of carbonyl (C=O) groups excluding carboxylic acids is 2. The Hall–Kier alpha value is -3.59. The number of ether oxygens (including phenoxy) is 1. The SMILES string of the molecule is CNC(=O)c1c(-c2ccc(F)cc2)oc2cc(C3CNCCN3C(N)=O)c(OC(C)C)cc12. The summed E-state index contributed by atoms with van der Waals surface area (Å²) < 4.78 is 25.7. The third kappa shape index (κ3) is 4.36. The van der Waals surface area contributed by atoms with Gasteiger partial charge in [-0.1, -0.05) is 0 Å². The molecule has 1 saturated heterocycles. The van der Waals surface area contributed by atoms with Crippen LogP contribution in [0.1, 0.15) is 35.8 Å². The lowest BCUT2D eigenvalue weighted by Crippen LogP contribution is -2.50. The van der Waals surface area contributed by atoms with Crippen LogP contribution in [0.2, 0.25) is 0 Å². The number of urea groups is 1. The van der Waals surface area contributed by atoms with Crippen molar-refractivity contribution in [3.8, 4) is 17.1 Å². The highest BCUT2D eigenvalue weighted by Gasteiger charge is 2.31. The summed E-state index contributed by atoms with van der Waals surface area (Å²) >= 11 is 0. The van der Waals surface area contributed by atoms with Crippen molar-refractivity contribution in [3.63, 3.8) is 0 Å². The van der Waals surface area contributed by atoms with Crippen LogP contribution in [-0.4, -0.2) is 49.6 Å². The summed E-state index contributed by atoms with van der Waals surface area (Å²) in [5, 5.41) is 6.49. The minimum atomic E-state index is -0.519. The Morgan fingerprint density at radius 1 is 1.27 bits per heavy atom. The first-order valence-electron chi connectivity index (χ1n) is 10.8. The normalized spacial score (nSPS) is 16.3. The molecular weight excluding hydrogens is 427 g/mol. The number of hydrogen-bond donors (Lipinski definition) is 3. The molecule has 1 aliphatic rings. The Balaban J connectivity index is 1.95. The molecule has 1 aliphatic heterocycles. The lowest BCUT2D eigenvalue weighted by Gasteiger charge is -2.36. The summed E-state index contributed by atoms with van der Waals surface area (Å²) in [5.74, 6) is 0.136. The first-order chi connectivity index (χ1) is 15.8. The molecule has 174 valence electrons. The largest absolute Gasteiger partial charge is 0.491 e. The molecule has 4 N–H and O–H groups in total. The van der Waals surface area contributed by atoms with Crippen molar-refractivity contribution >= 4 is 22.9 Å². The van der Waals surface area contributed by atoms with Gasteiger partial charge in [-0.3, -0.25) is 4.79 Å². The van der Waals surface area contributed by atoms with E-state index in [0.717, 1.165) is 5.56 Å². The molecule has 0 radical (unpaired) electrons. The van der Waals surface area contributed by atoms with E-state index < -0.39 is 6.03 Å². The van der Waals surface area contributed by atoms with E-state index >= 15 is 0 Å². The number of carbonyl (C=O) groups is 2. The maximum atomic E-state index is 13.5. The predicted octanol–water partition coefficient (Wildman–Crippen LogP) is 3.41. The number of halogens is 1. The number of piperazine rings is 1. The molecule has 3 amide bonds. The first kappa shape index (κ1) is 22.6. The van der Waals surface area contributed by atoms with Crippen LogP contribution in [0.25, 0.3) is 22.3 Å². The zero-order chi connectivity index (χ0) is 23.7. The van der Waals surface area contributed by atoms with Crippen molar-refractivity contribution in [1.82, 2.24) is 15.5 Å². The molecule has 2 aromatic carbocycles. The number of fused-ring (bicyclic) bond motifs is 1. The minimum Gasteiger partial charge on any atom is -0.491 e. The minimum absolute atomic E-state index is 0.147. The van der Waals surface area contributed by atoms with Crippen molar-refractivity contribution in [1.29, 1.82) is 0 Å². The quantitative estimate of drug-likeness (QED) is 0.547. The molecular formula is C24H27FN4O4. The highest BCUT2D eigenvalue weighted by Crippen LogP contribution is 2.40. The Morgan fingerprint density at radius 3 is 2.64 bits per heavy atom. The lowest BCUT2D eigenvalue weighted by atomic mass is 9.98. The Morgan fingerprint density at radius 2 is 2.00 bits per heavy atom. The van der Waals surface area contributed by atoms with Crippen molar-refractivity contribution in [2.75, 3.05) is 26.7 Å². The maximum Gasteiger partial charge on any atom is 0.315 e. The monoisotopic (exact) mass is 454 g/mol. The first-order valence-corrected chi connectivity index (χ1v) is 10.8. The second kappa shape index (κ2) is 9.11. The predicted molar refractivity (Wildman–Crippen MR) is 123 cm³/mol. The molecule has 0 bridgehead atoms. The lowest BCUT2D eigenvalue weighted by molar-refractivity contribution is 0.0964. The van der Waals surface area contributed by atoms with Crippen LogP contribution in [-0.2, 0) is 0 Å². The van der Waals surface area contributed by atoms with Crippen LogP contribution >= 0.6 is 0 Å². The van der Waals surface area contributed by atoms with E-state index in [2.05, 4.69) is 10.6 Å². The van der Waals surface area contributed by atoms with Gasteiger partial charge in [0.15, 0.2) is 0 Å². The molecule has 8 nitrogen and oxygen atoms in total. The average molecular weight is 455 g/mol. The number of nitrogens with one attached hydrogen (secondary N) is 2. The Kier molecular flexibility index (Phi) is 6.24. The smallest absolute Gasteiger partial charge is 0.315 e. The van der Waals surface area contributed by atoms with Crippen molar-refractivity contribution in [2.45, 2.75) is 26.0 Å². The van der Waals surface area contributed by atoms with Gasteiger partial charge in [-0.05, 0) is 50.2 Å². The van der Waals surface area contributed by atoms with Gasteiger partial charge in [-0.15, -0.1) is 0 Å². The zero-order valence-electron chi connectivity index (χ0n) is 18.8. The molecule has 1 aromatic heterocycles. The van der Waals surface area contributed by atoms with Crippen LogP contribution in [0.4, 0.5) is 9.18 Å². The summed E-state index contributed by atoms with van der Waals surface area (Å²) in [5.41, 5.74) is 7.72. The van der Waals surface area contributed by atoms with Crippen molar-refractivity contribution in [3.05, 3.63) is 53.3 Å². The summed E-state index contributed by atoms with van der Waals surface area (Å²) in [6, 6.07) is 8.42. The van der Waals surface area contributed by atoms with Crippen LogP contribution in [0.15, 0.2) is 40.8 Å². The van der Waals surface area contributed by atoms with E-state index in [4.69, 9.17) is 14.9 Å². The van der Waals surface area contributed by atoms with E-state index in [0.29, 0.717) is 53.2 Å². The molecule has 0 aliphatic carbocycles. The third-order valence-corrected chi connectivity index (χ3v) is 5.63. The molecule has 2 heterocycles.